The molecule has 2 heterocycles. The summed E-state index contributed by atoms with van der Waals surface area (Å²) in [6.07, 6.45) is 0.741. The SMILES string of the molecule is Cc1cc2c(N)c3c(nc2cc1F)CCOC3. The van der Waals surface area contributed by atoms with Crippen LogP contribution in [0.25, 0.3) is 10.9 Å². The molecule has 0 bridgehead atoms. The number of nitrogens with two attached hydrogens (primary N) is 1. The summed E-state index contributed by atoms with van der Waals surface area (Å²) in [7, 11) is 0. The van der Waals surface area contributed by atoms with Gasteiger partial charge in [-0.3, -0.25) is 4.98 Å². The van der Waals surface area contributed by atoms with Crippen molar-refractivity contribution in [3.8, 4) is 0 Å². The minimum absolute atomic E-state index is 0.239. The Morgan fingerprint density at radius 3 is 3.06 bits per heavy atom. The summed E-state index contributed by atoms with van der Waals surface area (Å²) >= 11 is 0. The summed E-state index contributed by atoms with van der Waals surface area (Å²) in [6.45, 7) is 2.88. The number of benzene rings is 1. The van der Waals surface area contributed by atoms with Gasteiger partial charge in [-0.1, -0.05) is 0 Å². The molecule has 0 saturated carbocycles. The molecular formula is C13H13FN2O. The van der Waals surface area contributed by atoms with Crippen LogP contribution in [0.3, 0.4) is 0 Å². The molecule has 0 radical (unpaired) electrons. The fraction of sp³-hybridized carbons (Fsp3) is 0.308. The van der Waals surface area contributed by atoms with Crippen molar-refractivity contribution in [3.63, 3.8) is 0 Å². The second kappa shape index (κ2) is 3.67. The molecule has 0 fully saturated rings. The maximum Gasteiger partial charge on any atom is 0.128 e. The van der Waals surface area contributed by atoms with Crippen LogP contribution in [0, 0.1) is 12.7 Å². The quantitative estimate of drug-likeness (QED) is 0.758. The molecular weight excluding hydrogens is 219 g/mol. The van der Waals surface area contributed by atoms with E-state index in [1.54, 1.807) is 13.0 Å². The summed E-state index contributed by atoms with van der Waals surface area (Å²) in [5, 5.41) is 0.813. The van der Waals surface area contributed by atoms with Crippen LogP contribution in [0.1, 0.15) is 16.8 Å². The number of fused-ring (bicyclic) bond motifs is 2. The standard InChI is InChI=1S/C13H13FN2O/c1-7-4-8-12(5-10(7)14)16-11-2-3-17-6-9(11)13(8)15/h4-5H,2-3,6H2,1H3,(H2,15,16). The van der Waals surface area contributed by atoms with Crippen LogP contribution in [-0.4, -0.2) is 11.6 Å². The predicted molar refractivity (Wildman–Crippen MR) is 64.2 cm³/mol. The predicted octanol–water partition coefficient (Wildman–Crippen LogP) is 2.34. The van der Waals surface area contributed by atoms with Gasteiger partial charge < -0.3 is 10.5 Å². The molecule has 0 amide bonds. The molecule has 0 atom stereocenters. The summed E-state index contributed by atoms with van der Waals surface area (Å²) in [6, 6.07) is 3.21. The fourth-order valence-corrected chi connectivity index (χ4v) is 2.22. The molecule has 1 aliphatic rings. The van der Waals surface area contributed by atoms with Gasteiger partial charge in [0.15, 0.2) is 0 Å². The zero-order valence-corrected chi connectivity index (χ0v) is 9.59. The first-order chi connectivity index (χ1) is 8.16. The zero-order valence-electron chi connectivity index (χ0n) is 9.59. The summed E-state index contributed by atoms with van der Waals surface area (Å²) < 4.78 is 18.9. The molecule has 3 nitrogen and oxygen atoms in total. The van der Waals surface area contributed by atoms with E-state index in [2.05, 4.69) is 4.98 Å². The number of hydrogen-bond acceptors (Lipinski definition) is 3. The first kappa shape index (κ1) is 10.5. The van der Waals surface area contributed by atoms with Gasteiger partial charge in [-0.25, -0.2) is 4.39 Å². The third kappa shape index (κ3) is 1.56. The van der Waals surface area contributed by atoms with E-state index in [1.807, 2.05) is 0 Å². The summed E-state index contributed by atoms with van der Waals surface area (Å²) in [5.74, 6) is -0.239. The maximum atomic E-state index is 13.5. The van der Waals surface area contributed by atoms with E-state index in [1.165, 1.54) is 6.07 Å². The van der Waals surface area contributed by atoms with Crippen molar-refractivity contribution in [3.05, 3.63) is 34.8 Å². The molecule has 0 saturated heterocycles. The van der Waals surface area contributed by atoms with Crippen molar-refractivity contribution < 1.29 is 9.13 Å². The first-order valence-corrected chi connectivity index (χ1v) is 5.61. The second-order valence-corrected chi connectivity index (χ2v) is 4.37. The Balaban J connectivity index is 2.36. The molecule has 2 aromatic rings. The van der Waals surface area contributed by atoms with Gasteiger partial charge in [0.25, 0.3) is 0 Å². The number of hydrogen-bond donors (Lipinski definition) is 1. The highest BCUT2D eigenvalue weighted by Gasteiger charge is 2.17. The van der Waals surface area contributed by atoms with Crippen molar-refractivity contribution in [2.24, 2.45) is 0 Å². The number of pyridine rings is 1. The van der Waals surface area contributed by atoms with Gasteiger partial charge in [0.2, 0.25) is 0 Å². The number of nitrogen functional groups attached to an aromatic ring is 1. The zero-order chi connectivity index (χ0) is 12.0. The number of aromatic nitrogens is 1. The van der Waals surface area contributed by atoms with Crippen LogP contribution in [0.5, 0.6) is 0 Å². The highest BCUT2D eigenvalue weighted by atomic mass is 19.1. The molecule has 1 aliphatic heterocycles. The minimum atomic E-state index is -0.239. The van der Waals surface area contributed by atoms with Crippen LogP contribution in [-0.2, 0) is 17.8 Å². The normalized spacial score (nSPS) is 14.9. The lowest BCUT2D eigenvalue weighted by molar-refractivity contribution is 0.110. The minimum Gasteiger partial charge on any atom is -0.398 e. The molecule has 0 unspecified atom stereocenters. The summed E-state index contributed by atoms with van der Waals surface area (Å²) in [5.41, 5.74) is 9.89. The Bertz CT molecular complexity index is 610. The van der Waals surface area contributed by atoms with Crippen molar-refractivity contribution >= 4 is 16.6 Å². The molecule has 0 spiro atoms. The number of halogens is 1. The molecule has 1 aromatic heterocycles. The smallest absolute Gasteiger partial charge is 0.128 e. The van der Waals surface area contributed by atoms with E-state index < -0.39 is 0 Å². The number of rotatable bonds is 0. The number of ether oxygens (including phenoxy) is 1. The fourth-order valence-electron chi connectivity index (χ4n) is 2.22. The Kier molecular flexibility index (Phi) is 2.26. The van der Waals surface area contributed by atoms with Crippen molar-refractivity contribution in [2.45, 2.75) is 20.0 Å². The van der Waals surface area contributed by atoms with Gasteiger partial charge in [-0.15, -0.1) is 0 Å². The van der Waals surface area contributed by atoms with Gasteiger partial charge in [-0.2, -0.15) is 0 Å². The molecule has 1 aromatic carbocycles. The van der Waals surface area contributed by atoms with Crippen molar-refractivity contribution in [2.75, 3.05) is 12.3 Å². The van der Waals surface area contributed by atoms with Crippen LogP contribution in [0.2, 0.25) is 0 Å². The average molecular weight is 232 g/mol. The number of aryl methyl sites for hydroxylation is 1. The molecule has 17 heavy (non-hydrogen) atoms. The van der Waals surface area contributed by atoms with Gasteiger partial charge >= 0.3 is 0 Å². The van der Waals surface area contributed by atoms with E-state index in [0.29, 0.717) is 30.0 Å². The number of nitrogens with zero attached hydrogens (tertiary/aromatic N) is 1. The Morgan fingerprint density at radius 2 is 2.24 bits per heavy atom. The van der Waals surface area contributed by atoms with E-state index >= 15 is 0 Å². The van der Waals surface area contributed by atoms with Crippen LogP contribution in [0.15, 0.2) is 12.1 Å². The highest BCUT2D eigenvalue weighted by molar-refractivity contribution is 5.92. The molecule has 3 rings (SSSR count). The molecule has 88 valence electrons. The van der Waals surface area contributed by atoms with Gasteiger partial charge in [0.1, 0.15) is 5.82 Å². The van der Waals surface area contributed by atoms with Gasteiger partial charge in [0.05, 0.1) is 24.4 Å². The molecule has 4 heteroatoms. The van der Waals surface area contributed by atoms with Crippen molar-refractivity contribution in [1.29, 1.82) is 0 Å². The average Bonchev–Trinajstić information content (AvgIpc) is 2.32. The van der Waals surface area contributed by atoms with Gasteiger partial charge in [-0.05, 0) is 18.6 Å². The highest BCUT2D eigenvalue weighted by Crippen LogP contribution is 2.30. The maximum absolute atomic E-state index is 13.5. The topological polar surface area (TPSA) is 48.1 Å². The van der Waals surface area contributed by atoms with Crippen LogP contribution < -0.4 is 5.73 Å². The molecule has 2 N–H and O–H groups in total. The van der Waals surface area contributed by atoms with E-state index in [9.17, 15) is 4.39 Å². The third-order valence-electron chi connectivity index (χ3n) is 3.23. The Hall–Kier alpha value is -1.68. The lowest BCUT2D eigenvalue weighted by atomic mass is 10.0. The van der Waals surface area contributed by atoms with E-state index in [-0.39, 0.29) is 5.82 Å². The number of anilines is 1. The molecule has 0 aliphatic carbocycles. The first-order valence-electron chi connectivity index (χ1n) is 5.61. The second-order valence-electron chi connectivity index (χ2n) is 4.37. The van der Waals surface area contributed by atoms with E-state index in [4.69, 9.17) is 10.5 Å². The van der Waals surface area contributed by atoms with Crippen LogP contribution in [0.4, 0.5) is 10.1 Å². The van der Waals surface area contributed by atoms with Crippen LogP contribution >= 0.6 is 0 Å². The van der Waals surface area contributed by atoms with Crippen molar-refractivity contribution in [1.82, 2.24) is 4.98 Å². The summed E-state index contributed by atoms with van der Waals surface area (Å²) in [4.78, 5) is 4.48. The largest absolute Gasteiger partial charge is 0.398 e. The van der Waals surface area contributed by atoms with Gasteiger partial charge in [0, 0.05) is 29.1 Å². The Morgan fingerprint density at radius 1 is 1.41 bits per heavy atom. The monoisotopic (exact) mass is 232 g/mol. The van der Waals surface area contributed by atoms with E-state index in [0.717, 1.165) is 23.1 Å². The lowest BCUT2D eigenvalue weighted by Crippen LogP contribution is -2.14. The Labute approximate surface area is 98.4 Å². The lowest BCUT2D eigenvalue weighted by Gasteiger charge is -2.19. The third-order valence-corrected chi connectivity index (χ3v) is 3.23.